The molecule has 0 spiro atoms. The Morgan fingerprint density at radius 3 is 1.57 bits per heavy atom. The van der Waals surface area contributed by atoms with E-state index in [4.69, 9.17) is 0 Å². The molecule has 23 heavy (non-hydrogen) atoms. The fourth-order valence-electron chi connectivity index (χ4n) is 3.33. The van der Waals surface area contributed by atoms with Gasteiger partial charge in [0.1, 0.15) is 0 Å². The molecule has 0 saturated carbocycles. The van der Waals surface area contributed by atoms with E-state index in [9.17, 15) is 0 Å². The van der Waals surface area contributed by atoms with Gasteiger partial charge < -0.3 is 0 Å². The van der Waals surface area contributed by atoms with Crippen LogP contribution in [0.2, 0.25) is 0 Å². The lowest BCUT2D eigenvalue weighted by atomic mass is 9.91. The van der Waals surface area contributed by atoms with Gasteiger partial charge in [-0.3, -0.25) is 0 Å². The zero-order valence-electron chi connectivity index (χ0n) is 14.7. The molecule has 116 valence electrons. The van der Waals surface area contributed by atoms with Crippen molar-refractivity contribution in [2.75, 3.05) is 0 Å². The van der Waals surface area contributed by atoms with Crippen molar-refractivity contribution in [1.29, 1.82) is 0 Å². The average molecular weight is 300 g/mol. The number of rotatable bonds is 2. The van der Waals surface area contributed by atoms with Crippen LogP contribution in [0.5, 0.6) is 0 Å². The normalized spacial score (nSPS) is 10.8. The molecule has 0 aliphatic rings. The molecule has 0 aliphatic heterocycles. The van der Waals surface area contributed by atoms with Crippen LogP contribution in [0.1, 0.15) is 27.8 Å². The quantitative estimate of drug-likeness (QED) is 0.502. The van der Waals surface area contributed by atoms with Crippen molar-refractivity contribution >= 4 is 0 Å². The largest absolute Gasteiger partial charge is 0.0587 e. The fourth-order valence-corrected chi connectivity index (χ4v) is 3.33. The zero-order valence-corrected chi connectivity index (χ0v) is 14.7. The summed E-state index contributed by atoms with van der Waals surface area (Å²) in [6.45, 7) is 10.9. The Morgan fingerprint density at radius 2 is 1.00 bits per heavy atom. The summed E-state index contributed by atoms with van der Waals surface area (Å²) in [6, 6.07) is 20.2. The first-order valence-electron chi connectivity index (χ1n) is 8.21. The highest BCUT2D eigenvalue weighted by atomic mass is 14.1. The zero-order chi connectivity index (χ0) is 16.6. The minimum absolute atomic E-state index is 1.29. The van der Waals surface area contributed by atoms with E-state index >= 15 is 0 Å². The Kier molecular flexibility index (Phi) is 4.09. The smallest absolute Gasteiger partial charge is 0.0146 e. The van der Waals surface area contributed by atoms with Crippen LogP contribution in [0.25, 0.3) is 22.3 Å². The first kappa shape index (κ1) is 15.6. The van der Waals surface area contributed by atoms with Gasteiger partial charge in [-0.2, -0.15) is 0 Å². The van der Waals surface area contributed by atoms with Gasteiger partial charge in [0.05, 0.1) is 0 Å². The molecule has 0 bridgehead atoms. The van der Waals surface area contributed by atoms with Gasteiger partial charge in [0.25, 0.3) is 0 Å². The summed E-state index contributed by atoms with van der Waals surface area (Å²) in [5.74, 6) is 0. The minimum Gasteiger partial charge on any atom is -0.0587 e. The molecule has 0 radical (unpaired) electrons. The van der Waals surface area contributed by atoms with Crippen molar-refractivity contribution in [3.63, 3.8) is 0 Å². The maximum Gasteiger partial charge on any atom is -0.0146 e. The van der Waals surface area contributed by atoms with Crippen molar-refractivity contribution in [2.45, 2.75) is 34.6 Å². The SMILES string of the molecule is Cc1ccc(-c2ccc(C)c(-c3ccc(C)cc3C)c2)c(C)c1. The molecule has 0 N–H and O–H groups in total. The van der Waals surface area contributed by atoms with Crippen molar-refractivity contribution < 1.29 is 0 Å². The molecule has 0 atom stereocenters. The summed E-state index contributed by atoms with van der Waals surface area (Å²) in [5, 5.41) is 0. The summed E-state index contributed by atoms with van der Waals surface area (Å²) in [7, 11) is 0. The second-order valence-electron chi connectivity index (χ2n) is 6.67. The molecule has 0 amide bonds. The molecule has 0 heteroatoms. The molecular formula is C23H24. The molecule has 0 saturated heterocycles. The molecule has 3 aromatic rings. The van der Waals surface area contributed by atoms with Crippen LogP contribution >= 0.6 is 0 Å². The van der Waals surface area contributed by atoms with Gasteiger partial charge >= 0.3 is 0 Å². The number of aryl methyl sites for hydroxylation is 5. The van der Waals surface area contributed by atoms with Gasteiger partial charge in [-0.1, -0.05) is 59.7 Å². The van der Waals surface area contributed by atoms with Gasteiger partial charge in [0.15, 0.2) is 0 Å². The highest BCUT2D eigenvalue weighted by molar-refractivity contribution is 5.78. The highest BCUT2D eigenvalue weighted by Crippen LogP contribution is 2.33. The van der Waals surface area contributed by atoms with Gasteiger partial charge in [0.2, 0.25) is 0 Å². The van der Waals surface area contributed by atoms with Gasteiger partial charge in [-0.15, -0.1) is 0 Å². The first-order valence-corrected chi connectivity index (χ1v) is 8.21. The molecule has 3 aromatic carbocycles. The van der Waals surface area contributed by atoms with E-state index in [0.717, 1.165) is 0 Å². The van der Waals surface area contributed by atoms with E-state index < -0.39 is 0 Å². The number of hydrogen-bond acceptors (Lipinski definition) is 0. The van der Waals surface area contributed by atoms with E-state index in [1.165, 1.54) is 50.1 Å². The summed E-state index contributed by atoms with van der Waals surface area (Å²) in [6.07, 6.45) is 0. The number of hydrogen-bond donors (Lipinski definition) is 0. The monoisotopic (exact) mass is 300 g/mol. The Hall–Kier alpha value is -2.34. The molecule has 0 nitrogen and oxygen atoms in total. The third-order valence-electron chi connectivity index (χ3n) is 4.60. The average Bonchev–Trinajstić information content (AvgIpc) is 2.49. The first-order chi connectivity index (χ1) is 11.0. The molecule has 0 unspecified atom stereocenters. The van der Waals surface area contributed by atoms with Crippen molar-refractivity contribution in [1.82, 2.24) is 0 Å². The Morgan fingerprint density at radius 1 is 0.435 bits per heavy atom. The number of benzene rings is 3. The lowest BCUT2D eigenvalue weighted by Crippen LogP contribution is -1.91. The molecule has 3 rings (SSSR count). The van der Waals surface area contributed by atoms with E-state index in [-0.39, 0.29) is 0 Å². The summed E-state index contributed by atoms with van der Waals surface area (Å²) < 4.78 is 0. The maximum absolute atomic E-state index is 2.34. The summed E-state index contributed by atoms with van der Waals surface area (Å²) >= 11 is 0. The third kappa shape index (κ3) is 3.07. The van der Waals surface area contributed by atoms with Crippen LogP contribution in [-0.4, -0.2) is 0 Å². The molecule has 0 aromatic heterocycles. The van der Waals surface area contributed by atoms with Crippen LogP contribution in [0.15, 0.2) is 54.6 Å². The second kappa shape index (κ2) is 6.04. The lowest BCUT2D eigenvalue weighted by Gasteiger charge is -2.14. The van der Waals surface area contributed by atoms with Crippen LogP contribution in [0, 0.1) is 34.6 Å². The molecule has 0 aliphatic carbocycles. The van der Waals surface area contributed by atoms with E-state index in [2.05, 4.69) is 89.2 Å². The van der Waals surface area contributed by atoms with Gasteiger partial charge in [-0.25, -0.2) is 0 Å². The van der Waals surface area contributed by atoms with Crippen molar-refractivity contribution in [2.24, 2.45) is 0 Å². The van der Waals surface area contributed by atoms with E-state index in [0.29, 0.717) is 0 Å². The summed E-state index contributed by atoms with van der Waals surface area (Å²) in [4.78, 5) is 0. The highest BCUT2D eigenvalue weighted by Gasteiger charge is 2.09. The maximum atomic E-state index is 2.34. The van der Waals surface area contributed by atoms with Crippen LogP contribution in [0.3, 0.4) is 0 Å². The van der Waals surface area contributed by atoms with Gasteiger partial charge in [-0.05, 0) is 79.6 Å². The Balaban J connectivity index is 2.16. The predicted molar refractivity (Wildman–Crippen MR) is 101 cm³/mol. The predicted octanol–water partition coefficient (Wildman–Crippen LogP) is 6.56. The van der Waals surface area contributed by atoms with Crippen LogP contribution < -0.4 is 0 Å². The van der Waals surface area contributed by atoms with Crippen molar-refractivity contribution in [3.8, 4) is 22.3 Å². The van der Waals surface area contributed by atoms with Crippen LogP contribution in [0.4, 0.5) is 0 Å². The Labute approximate surface area is 139 Å². The van der Waals surface area contributed by atoms with E-state index in [1.54, 1.807) is 0 Å². The topological polar surface area (TPSA) is 0 Å². The molecule has 0 fully saturated rings. The lowest BCUT2D eigenvalue weighted by molar-refractivity contribution is 1.35. The van der Waals surface area contributed by atoms with Gasteiger partial charge in [0, 0.05) is 0 Å². The third-order valence-corrected chi connectivity index (χ3v) is 4.60. The second-order valence-corrected chi connectivity index (χ2v) is 6.67. The minimum atomic E-state index is 1.29. The van der Waals surface area contributed by atoms with Crippen LogP contribution in [-0.2, 0) is 0 Å². The molecule has 0 heterocycles. The standard InChI is InChI=1S/C23H24/c1-15-6-10-21(18(4)12-15)20-9-8-17(3)23(14-20)22-11-7-16(2)13-19(22)5/h6-14H,1-5H3. The van der Waals surface area contributed by atoms with Crippen molar-refractivity contribution in [3.05, 3.63) is 82.4 Å². The Bertz CT molecular complexity index is 869. The fraction of sp³-hybridized carbons (Fsp3) is 0.217. The molecular weight excluding hydrogens is 276 g/mol. The summed E-state index contributed by atoms with van der Waals surface area (Å²) in [5.41, 5.74) is 11.9. The van der Waals surface area contributed by atoms with E-state index in [1.807, 2.05) is 0 Å².